The van der Waals surface area contributed by atoms with Gasteiger partial charge in [-0.05, 0) is 50.1 Å². The Morgan fingerprint density at radius 1 is 1.03 bits per heavy atom. The standard InChI is InChI=1S/C24H25N3O3/c1-17-6-2-7-18(16-17)23(29)25-21-9-3-8-20-19(21)11-15-27(24(20)30)14-5-13-26-12-4-10-22(26)28/h2-3,6-9,11,15-16H,4-5,10,12-14H2,1H3,(H,25,29). The summed E-state index contributed by atoms with van der Waals surface area (Å²) < 4.78 is 1.68. The second kappa shape index (κ2) is 8.53. The van der Waals surface area contributed by atoms with E-state index in [0.717, 1.165) is 30.3 Å². The van der Waals surface area contributed by atoms with Gasteiger partial charge in [0.05, 0.1) is 0 Å². The van der Waals surface area contributed by atoms with Crippen LogP contribution >= 0.6 is 0 Å². The van der Waals surface area contributed by atoms with Crippen molar-refractivity contribution in [2.24, 2.45) is 0 Å². The summed E-state index contributed by atoms with van der Waals surface area (Å²) in [7, 11) is 0. The van der Waals surface area contributed by atoms with Crippen LogP contribution in [0.25, 0.3) is 10.8 Å². The van der Waals surface area contributed by atoms with Crippen LogP contribution in [0.4, 0.5) is 5.69 Å². The number of anilines is 1. The summed E-state index contributed by atoms with van der Waals surface area (Å²) in [5.41, 5.74) is 2.12. The first kappa shape index (κ1) is 19.9. The Bertz CT molecular complexity index is 1170. The molecule has 0 radical (unpaired) electrons. The van der Waals surface area contributed by atoms with E-state index in [1.165, 1.54) is 0 Å². The minimum atomic E-state index is -0.203. The molecule has 0 atom stereocenters. The number of hydrogen-bond donors (Lipinski definition) is 1. The van der Waals surface area contributed by atoms with Crippen LogP contribution in [-0.4, -0.2) is 34.4 Å². The number of amides is 2. The number of carbonyl (C=O) groups is 2. The molecule has 0 spiro atoms. The minimum absolute atomic E-state index is 0.0908. The maximum atomic E-state index is 12.9. The summed E-state index contributed by atoms with van der Waals surface area (Å²) in [6, 6.07) is 14.6. The second-order valence-corrected chi connectivity index (χ2v) is 7.74. The van der Waals surface area contributed by atoms with E-state index in [2.05, 4.69) is 5.32 Å². The normalized spacial score (nSPS) is 13.8. The average Bonchev–Trinajstić information content (AvgIpc) is 3.15. The number of likely N-dealkylation sites (tertiary alicyclic amines) is 1. The van der Waals surface area contributed by atoms with Gasteiger partial charge in [-0.3, -0.25) is 14.4 Å². The number of aryl methyl sites for hydroxylation is 2. The van der Waals surface area contributed by atoms with Crippen molar-refractivity contribution in [1.29, 1.82) is 0 Å². The van der Waals surface area contributed by atoms with E-state index < -0.39 is 0 Å². The molecular formula is C24H25N3O3. The molecule has 30 heavy (non-hydrogen) atoms. The first-order valence-electron chi connectivity index (χ1n) is 10.3. The summed E-state index contributed by atoms with van der Waals surface area (Å²) in [5.74, 6) is 0.000473. The van der Waals surface area contributed by atoms with Crippen molar-refractivity contribution in [2.45, 2.75) is 32.7 Å². The number of benzene rings is 2. The Balaban J connectivity index is 1.52. The zero-order valence-electron chi connectivity index (χ0n) is 17.1. The monoisotopic (exact) mass is 403 g/mol. The molecule has 1 aromatic heterocycles. The van der Waals surface area contributed by atoms with Crippen LogP contribution < -0.4 is 10.9 Å². The van der Waals surface area contributed by atoms with E-state index in [1.54, 1.807) is 35.0 Å². The van der Waals surface area contributed by atoms with Gasteiger partial charge in [0.2, 0.25) is 5.91 Å². The zero-order chi connectivity index (χ0) is 21.1. The van der Waals surface area contributed by atoms with Gasteiger partial charge in [0.1, 0.15) is 0 Å². The van der Waals surface area contributed by atoms with Gasteiger partial charge >= 0.3 is 0 Å². The van der Waals surface area contributed by atoms with Gasteiger partial charge in [0.25, 0.3) is 11.5 Å². The van der Waals surface area contributed by atoms with Gasteiger partial charge < -0.3 is 14.8 Å². The van der Waals surface area contributed by atoms with Crippen molar-refractivity contribution in [1.82, 2.24) is 9.47 Å². The molecule has 6 heteroatoms. The van der Waals surface area contributed by atoms with Gasteiger partial charge in [-0.25, -0.2) is 0 Å². The molecule has 1 aliphatic rings. The van der Waals surface area contributed by atoms with Crippen molar-refractivity contribution >= 4 is 28.3 Å². The Labute approximate surface area is 175 Å². The lowest BCUT2D eigenvalue weighted by molar-refractivity contribution is -0.127. The predicted molar refractivity (Wildman–Crippen MR) is 118 cm³/mol. The lowest BCUT2D eigenvalue weighted by atomic mass is 10.1. The van der Waals surface area contributed by atoms with Crippen molar-refractivity contribution in [3.63, 3.8) is 0 Å². The Morgan fingerprint density at radius 2 is 1.87 bits per heavy atom. The third-order valence-corrected chi connectivity index (χ3v) is 5.55. The third kappa shape index (κ3) is 4.13. The molecule has 4 rings (SSSR count). The number of aromatic nitrogens is 1. The Hall–Kier alpha value is -3.41. The number of nitrogens with zero attached hydrogens (tertiary/aromatic N) is 2. The molecule has 0 saturated carbocycles. The summed E-state index contributed by atoms with van der Waals surface area (Å²) in [5, 5.41) is 4.21. The molecule has 2 aromatic carbocycles. The second-order valence-electron chi connectivity index (χ2n) is 7.74. The average molecular weight is 403 g/mol. The van der Waals surface area contributed by atoms with Crippen molar-refractivity contribution in [2.75, 3.05) is 18.4 Å². The van der Waals surface area contributed by atoms with E-state index in [1.807, 2.05) is 36.1 Å². The topological polar surface area (TPSA) is 71.4 Å². The minimum Gasteiger partial charge on any atom is -0.343 e. The molecule has 6 nitrogen and oxygen atoms in total. The van der Waals surface area contributed by atoms with E-state index in [9.17, 15) is 14.4 Å². The number of nitrogens with one attached hydrogen (secondary N) is 1. The van der Waals surface area contributed by atoms with Crippen LogP contribution in [0.5, 0.6) is 0 Å². The van der Waals surface area contributed by atoms with Crippen LogP contribution in [0.1, 0.15) is 35.2 Å². The van der Waals surface area contributed by atoms with Crippen molar-refractivity contribution in [3.05, 3.63) is 76.2 Å². The largest absolute Gasteiger partial charge is 0.343 e. The number of rotatable bonds is 6. The van der Waals surface area contributed by atoms with Gasteiger partial charge in [-0.15, -0.1) is 0 Å². The SMILES string of the molecule is Cc1cccc(C(=O)Nc2cccc3c(=O)n(CCCN4CCCC4=O)ccc23)c1. The quantitative estimate of drug-likeness (QED) is 0.684. The van der Waals surface area contributed by atoms with Crippen LogP contribution in [0, 0.1) is 6.92 Å². The zero-order valence-corrected chi connectivity index (χ0v) is 17.1. The first-order chi connectivity index (χ1) is 14.5. The van der Waals surface area contributed by atoms with Crippen LogP contribution in [0.3, 0.4) is 0 Å². The molecule has 0 aliphatic carbocycles. The number of carbonyl (C=O) groups excluding carboxylic acids is 2. The van der Waals surface area contributed by atoms with E-state index in [4.69, 9.17) is 0 Å². The lowest BCUT2D eigenvalue weighted by Crippen LogP contribution is -2.28. The molecule has 2 heterocycles. The molecule has 2 amide bonds. The van der Waals surface area contributed by atoms with Gasteiger partial charge in [-0.1, -0.05) is 23.8 Å². The fourth-order valence-corrected chi connectivity index (χ4v) is 3.96. The highest BCUT2D eigenvalue weighted by molar-refractivity contribution is 6.09. The molecular weight excluding hydrogens is 378 g/mol. The van der Waals surface area contributed by atoms with Crippen molar-refractivity contribution in [3.8, 4) is 0 Å². The molecule has 0 bridgehead atoms. The summed E-state index contributed by atoms with van der Waals surface area (Å²) in [6.07, 6.45) is 4.05. The van der Waals surface area contributed by atoms with E-state index in [0.29, 0.717) is 36.1 Å². The Kier molecular flexibility index (Phi) is 5.65. The van der Waals surface area contributed by atoms with Gasteiger partial charge in [0.15, 0.2) is 0 Å². The fourth-order valence-electron chi connectivity index (χ4n) is 3.96. The van der Waals surface area contributed by atoms with Crippen LogP contribution in [-0.2, 0) is 11.3 Å². The summed E-state index contributed by atoms with van der Waals surface area (Å²) in [4.78, 5) is 39.2. The molecule has 1 N–H and O–H groups in total. The fraction of sp³-hybridized carbons (Fsp3) is 0.292. The highest BCUT2D eigenvalue weighted by Gasteiger charge is 2.19. The van der Waals surface area contributed by atoms with E-state index in [-0.39, 0.29) is 17.4 Å². The molecule has 1 saturated heterocycles. The number of fused-ring (bicyclic) bond motifs is 1. The first-order valence-corrected chi connectivity index (χ1v) is 10.3. The van der Waals surface area contributed by atoms with E-state index >= 15 is 0 Å². The Morgan fingerprint density at radius 3 is 2.63 bits per heavy atom. The van der Waals surface area contributed by atoms with Crippen molar-refractivity contribution < 1.29 is 9.59 Å². The molecule has 1 fully saturated rings. The smallest absolute Gasteiger partial charge is 0.258 e. The lowest BCUT2D eigenvalue weighted by Gasteiger charge is -2.16. The van der Waals surface area contributed by atoms with Crippen LogP contribution in [0.15, 0.2) is 59.5 Å². The maximum absolute atomic E-state index is 12.9. The molecule has 1 aliphatic heterocycles. The molecule has 3 aromatic rings. The summed E-state index contributed by atoms with van der Waals surface area (Å²) in [6.45, 7) is 3.99. The number of pyridine rings is 1. The molecule has 154 valence electrons. The highest BCUT2D eigenvalue weighted by atomic mass is 16.2. The number of hydrogen-bond acceptors (Lipinski definition) is 3. The highest BCUT2D eigenvalue weighted by Crippen LogP contribution is 2.22. The predicted octanol–water partition coefficient (Wildman–Crippen LogP) is 3.57. The van der Waals surface area contributed by atoms with Gasteiger partial charge in [0, 0.05) is 54.3 Å². The van der Waals surface area contributed by atoms with Gasteiger partial charge in [-0.2, -0.15) is 0 Å². The summed E-state index contributed by atoms with van der Waals surface area (Å²) >= 11 is 0. The van der Waals surface area contributed by atoms with Crippen LogP contribution in [0.2, 0.25) is 0 Å². The maximum Gasteiger partial charge on any atom is 0.258 e. The molecule has 0 unspecified atom stereocenters. The third-order valence-electron chi connectivity index (χ3n) is 5.55.